The third kappa shape index (κ3) is 1.37. The van der Waals surface area contributed by atoms with Crippen LogP contribution in [0.1, 0.15) is 29.7 Å². The van der Waals surface area contributed by atoms with Gasteiger partial charge in [-0.1, -0.05) is 0 Å². The summed E-state index contributed by atoms with van der Waals surface area (Å²) in [6.07, 6.45) is 5.64. The Balaban J connectivity index is 2.07. The molecule has 2 aromatic heterocycles. The highest BCUT2D eigenvalue weighted by molar-refractivity contribution is 7.18. The van der Waals surface area contributed by atoms with E-state index in [2.05, 4.69) is 10.3 Å². The monoisotopic (exact) mass is 261 g/mol. The average molecular weight is 261 g/mol. The van der Waals surface area contributed by atoms with Gasteiger partial charge in [-0.05, 0) is 37.7 Å². The van der Waals surface area contributed by atoms with Gasteiger partial charge in [0.15, 0.2) is 0 Å². The standard InChI is InChI=1S/C13H15N3OS/c17-12-10-8-4-1-2-5-9(8)18-11(10)15-13-14-6-3-7-16(12)13/h1-7H2,(H,14,15). The first-order chi connectivity index (χ1) is 8.84. The Hall–Kier alpha value is -1.36. The minimum absolute atomic E-state index is 0.168. The average Bonchev–Trinajstić information content (AvgIpc) is 2.77. The lowest BCUT2D eigenvalue weighted by molar-refractivity contribution is 0.601. The highest BCUT2D eigenvalue weighted by Crippen LogP contribution is 2.34. The van der Waals surface area contributed by atoms with Crippen molar-refractivity contribution in [2.24, 2.45) is 0 Å². The van der Waals surface area contributed by atoms with Crippen molar-refractivity contribution in [3.05, 3.63) is 20.8 Å². The molecule has 0 aromatic carbocycles. The largest absolute Gasteiger partial charge is 0.355 e. The molecule has 0 radical (unpaired) electrons. The summed E-state index contributed by atoms with van der Waals surface area (Å²) < 4.78 is 1.81. The van der Waals surface area contributed by atoms with Crippen LogP contribution in [0.5, 0.6) is 0 Å². The summed E-state index contributed by atoms with van der Waals surface area (Å²) >= 11 is 1.72. The van der Waals surface area contributed by atoms with Crippen LogP contribution in [0.4, 0.5) is 5.95 Å². The summed E-state index contributed by atoms with van der Waals surface area (Å²) in [5.74, 6) is 0.761. The van der Waals surface area contributed by atoms with Crippen molar-refractivity contribution in [1.82, 2.24) is 9.55 Å². The maximum atomic E-state index is 12.6. The number of aromatic nitrogens is 2. The summed E-state index contributed by atoms with van der Waals surface area (Å²) in [4.78, 5) is 19.6. The van der Waals surface area contributed by atoms with Crippen molar-refractivity contribution in [2.45, 2.75) is 38.6 Å². The van der Waals surface area contributed by atoms with E-state index in [1.54, 1.807) is 11.3 Å². The van der Waals surface area contributed by atoms with E-state index < -0.39 is 0 Å². The first-order valence-corrected chi connectivity index (χ1v) is 7.45. The molecule has 0 amide bonds. The molecule has 5 heteroatoms. The van der Waals surface area contributed by atoms with Crippen LogP contribution >= 0.6 is 11.3 Å². The SMILES string of the molecule is O=c1c2c3c(sc2nc2n1CCCN2)CCCC3. The van der Waals surface area contributed by atoms with Gasteiger partial charge < -0.3 is 5.32 Å². The van der Waals surface area contributed by atoms with E-state index in [0.717, 1.165) is 48.5 Å². The van der Waals surface area contributed by atoms with Crippen molar-refractivity contribution >= 4 is 27.5 Å². The number of thiophene rings is 1. The third-order valence-electron chi connectivity index (χ3n) is 3.92. The quantitative estimate of drug-likeness (QED) is 0.790. The highest BCUT2D eigenvalue weighted by atomic mass is 32.1. The number of rotatable bonds is 0. The zero-order chi connectivity index (χ0) is 12.1. The van der Waals surface area contributed by atoms with E-state index in [1.165, 1.54) is 23.3 Å². The molecular formula is C13H15N3OS. The molecule has 2 aliphatic rings. The maximum Gasteiger partial charge on any atom is 0.263 e. The second-order valence-electron chi connectivity index (χ2n) is 5.06. The van der Waals surface area contributed by atoms with Crippen LogP contribution in [0, 0.1) is 0 Å². The van der Waals surface area contributed by atoms with Crippen LogP contribution < -0.4 is 10.9 Å². The Morgan fingerprint density at radius 1 is 1.22 bits per heavy atom. The smallest absolute Gasteiger partial charge is 0.263 e. The number of hydrogen-bond donors (Lipinski definition) is 1. The molecule has 1 N–H and O–H groups in total. The van der Waals surface area contributed by atoms with Gasteiger partial charge in [0, 0.05) is 18.0 Å². The molecule has 1 aliphatic carbocycles. The van der Waals surface area contributed by atoms with Gasteiger partial charge in [0.2, 0.25) is 5.95 Å². The fraction of sp³-hybridized carbons (Fsp3) is 0.538. The van der Waals surface area contributed by atoms with E-state index in [0.29, 0.717) is 0 Å². The normalized spacial score (nSPS) is 18.2. The van der Waals surface area contributed by atoms with Crippen molar-refractivity contribution in [3.63, 3.8) is 0 Å². The van der Waals surface area contributed by atoms with Crippen molar-refractivity contribution in [2.75, 3.05) is 11.9 Å². The van der Waals surface area contributed by atoms with Crippen LogP contribution in [-0.4, -0.2) is 16.1 Å². The molecule has 0 fully saturated rings. The molecule has 3 heterocycles. The van der Waals surface area contributed by atoms with Gasteiger partial charge in [0.25, 0.3) is 5.56 Å². The zero-order valence-electron chi connectivity index (χ0n) is 10.2. The van der Waals surface area contributed by atoms with Gasteiger partial charge in [0.1, 0.15) is 4.83 Å². The van der Waals surface area contributed by atoms with Gasteiger partial charge >= 0.3 is 0 Å². The summed E-state index contributed by atoms with van der Waals surface area (Å²) in [6, 6.07) is 0. The summed E-state index contributed by atoms with van der Waals surface area (Å²) in [5, 5.41) is 4.14. The lowest BCUT2D eigenvalue weighted by atomic mass is 9.97. The molecule has 0 atom stereocenters. The molecule has 4 nitrogen and oxygen atoms in total. The second kappa shape index (κ2) is 3.82. The van der Waals surface area contributed by atoms with Crippen molar-refractivity contribution < 1.29 is 0 Å². The predicted molar refractivity (Wildman–Crippen MR) is 73.6 cm³/mol. The maximum absolute atomic E-state index is 12.6. The van der Waals surface area contributed by atoms with Crippen LogP contribution in [0.3, 0.4) is 0 Å². The lowest BCUT2D eigenvalue weighted by Crippen LogP contribution is -2.30. The number of hydrogen-bond acceptors (Lipinski definition) is 4. The molecule has 0 saturated heterocycles. The van der Waals surface area contributed by atoms with Crippen LogP contribution in [0.25, 0.3) is 10.2 Å². The van der Waals surface area contributed by atoms with E-state index in [1.807, 2.05) is 4.57 Å². The Bertz CT molecular complexity index is 686. The minimum Gasteiger partial charge on any atom is -0.355 e. The molecule has 0 bridgehead atoms. The van der Waals surface area contributed by atoms with E-state index >= 15 is 0 Å². The lowest BCUT2D eigenvalue weighted by Gasteiger charge is -2.18. The Kier molecular flexibility index (Phi) is 2.24. The zero-order valence-corrected chi connectivity index (χ0v) is 11.0. The first-order valence-electron chi connectivity index (χ1n) is 6.63. The van der Waals surface area contributed by atoms with E-state index in [4.69, 9.17) is 0 Å². The predicted octanol–water partition coefficient (Wildman–Crippen LogP) is 2.15. The Labute approximate surface area is 109 Å². The number of nitrogens with zero attached hydrogens (tertiary/aromatic N) is 2. The molecule has 2 aromatic rings. The topological polar surface area (TPSA) is 46.9 Å². The summed E-state index contributed by atoms with van der Waals surface area (Å²) in [5.41, 5.74) is 1.46. The van der Waals surface area contributed by atoms with E-state index in [-0.39, 0.29) is 5.56 Å². The molecule has 0 spiro atoms. The second-order valence-corrected chi connectivity index (χ2v) is 6.15. The first kappa shape index (κ1) is 10.6. The van der Waals surface area contributed by atoms with Crippen molar-refractivity contribution in [1.29, 1.82) is 0 Å². The fourth-order valence-electron chi connectivity index (χ4n) is 3.02. The molecular weight excluding hydrogens is 246 g/mol. The molecule has 0 saturated carbocycles. The van der Waals surface area contributed by atoms with Crippen molar-refractivity contribution in [3.8, 4) is 0 Å². The molecule has 1 aliphatic heterocycles. The number of anilines is 1. The molecule has 4 rings (SSSR count). The molecule has 94 valence electrons. The summed E-state index contributed by atoms with van der Waals surface area (Å²) in [7, 11) is 0. The summed E-state index contributed by atoms with van der Waals surface area (Å²) in [6.45, 7) is 1.72. The van der Waals surface area contributed by atoms with Gasteiger partial charge in [-0.3, -0.25) is 9.36 Å². The molecule has 18 heavy (non-hydrogen) atoms. The van der Waals surface area contributed by atoms with Crippen LogP contribution in [-0.2, 0) is 19.4 Å². The fourth-order valence-corrected chi connectivity index (χ4v) is 4.27. The number of fused-ring (bicyclic) bond motifs is 4. The number of aryl methyl sites for hydroxylation is 2. The van der Waals surface area contributed by atoms with Crippen LogP contribution in [0.15, 0.2) is 4.79 Å². The minimum atomic E-state index is 0.168. The van der Waals surface area contributed by atoms with Gasteiger partial charge in [0.05, 0.1) is 5.39 Å². The van der Waals surface area contributed by atoms with Gasteiger partial charge in [-0.15, -0.1) is 11.3 Å². The van der Waals surface area contributed by atoms with Crippen LogP contribution in [0.2, 0.25) is 0 Å². The third-order valence-corrected chi connectivity index (χ3v) is 5.10. The Morgan fingerprint density at radius 2 is 2.11 bits per heavy atom. The van der Waals surface area contributed by atoms with Gasteiger partial charge in [-0.2, -0.15) is 0 Å². The van der Waals surface area contributed by atoms with E-state index in [9.17, 15) is 4.79 Å². The number of nitrogens with one attached hydrogen (secondary N) is 1. The highest BCUT2D eigenvalue weighted by Gasteiger charge is 2.22. The molecule has 0 unspecified atom stereocenters. The van der Waals surface area contributed by atoms with Gasteiger partial charge in [-0.25, -0.2) is 4.98 Å². The Morgan fingerprint density at radius 3 is 3.06 bits per heavy atom.